The van der Waals surface area contributed by atoms with E-state index in [2.05, 4.69) is 25.3 Å². The first-order valence-electron chi connectivity index (χ1n) is 5.78. The topological polar surface area (TPSA) is 0 Å². The lowest BCUT2D eigenvalue weighted by molar-refractivity contribution is 0.746. The summed E-state index contributed by atoms with van der Waals surface area (Å²) in [6.45, 7) is 7.42. The Bertz CT molecular complexity index is 135. The minimum atomic E-state index is 1.16. The summed E-state index contributed by atoms with van der Waals surface area (Å²) < 4.78 is 0. The molecule has 0 rings (SSSR count). The van der Waals surface area contributed by atoms with Gasteiger partial charge in [-0.15, -0.1) is 13.2 Å². The monoisotopic (exact) mass is 192 g/mol. The molecular weight excluding hydrogens is 168 g/mol. The summed E-state index contributed by atoms with van der Waals surface area (Å²) in [5.41, 5.74) is 0. The lowest BCUT2D eigenvalue weighted by atomic mass is 10.1. The summed E-state index contributed by atoms with van der Waals surface area (Å²) in [5.74, 6) is 0. The molecule has 0 fully saturated rings. The lowest BCUT2D eigenvalue weighted by Gasteiger charge is -1.94. The van der Waals surface area contributed by atoms with E-state index in [0.29, 0.717) is 0 Å². The first-order chi connectivity index (χ1) is 6.91. The summed E-state index contributed by atoms with van der Waals surface area (Å²) in [6.07, 6.45) is 18.6. The Balaban J connectivity index is 3.03. The summed E-state index contributed by atoms with van der Waals surface area (Å²) in [4.78, 5) is 0. The second-order valence-electron chi connectivity index (χ2n) is 3.62. The molecule has 0 unspecified atom stereocenters. The highest BCUT2D eigenvalue weighted by atomic mass is 13.9. The third kappa shape index (κ3) is 11.2. The SMILES string of the molecule is C=CCCCC/C=C/CCCCC=C. The largest absolute Gasteiger partial charge is 0.103 e. The minimum absolute atomic E-state index is 1.16. The Labute approximate surface area is 89.4 Å². The molecule has 0 aliphatic rings. The van der Waals surface area contributed by atoms with Crippen LogP contribution >= 0.6 is 0 Å². The Morgan fingerprint density at radius 2 is 0.929 bits per heavy atom. The fourth-order valence-electron chi connectivity index (χ4n) is 1.34. The van der Waals surface area contributed by atoms with E-state index in [-0.39, 0.29) is 0 Å². The second-order valence-corrected chi connectivity index (χ2v) is 3.62. The zero-order valence-electron chi connectivity index (χ0n) is 9.38. The molecule has 0 saturated heterocycles. The zero-order chi connectivity index (χ0) is 10.5. The van der Waals surface area contributed by atoms with Crippen LogP contribution in [0.25, 0.3) is 0 Å². The van der Waals surface area contributed by atoms with Crippen molar-refractivity contribution >= 4 is 0 Å². The van der Waals surface area contributed by atoms with Gasteiger partial charge in [0, 0.05) is 0 Å². The van der Waals surface area contributed by atoms with E-state index in [9.17, 15) is 0 Å². The molecule has 0 aliphatic heterocycles. The maximum Gasteiger partial charge on any atom is -0.0351 e. The second kappa shape index (κ2) is 12.2. The number of hydrogen-bond acceptors (Lipinski definition) is 0. The smallest absolute Gasteiger partial charge is 0.0351 e. The molecule has 0 aromatic carbocycles. The molecule has 0 heteroatoms. The van der Waals surface area contributed by atoms with E-state index in [1.807, 2.05) is 12.2 Å². The maximum atomic E-state index is 3.71. The molecule has 0 N–H and O–H groups in total. The van der Waals surface area contributed by atoms with Gasteiger partial charge in [-0.05, 0) is 51.4 Å². The molecule has 0 nitrogen and oxygen atoms in total. The van der Waals surface area contributed by atoms with E-state index in [4.69, 9.17) is 0 Å². The molecule has 14 heavy (non-hydrogen) atoms. The van der Waals surface area contributed by atoms with Crippen molar-refractivity contribution in [1.82, 2.24) is 0 Å². The van der Waals surface area contributed by atoms with E-state index in [1.54, 1.807) is 0 Å². The molecule has 0 spiro atoms. The Hall–Kier alpha value is -0.780. The standard InChI is InChI=1S/C14H24/c1-3-5-7-9-11-13-14-12-10-8-6-4-2/h3-4,13-14H,1-2,5-12H2/b14-13+. The van der Waals surface area contributed by atoms with Crippen LogP contribution in [0.3, 0.4) is 0 Å². The first-order valence-corrected chi connectivity index (χ1v) is 5.78. The quantitative estimate of drug-likeness (QED) is 0.336. The Morgan fingerprint density at radius 3 is 1.29 bits per heavy atom. The van der Waals surface area contributed by atoms with Gasteiger partial charge in [0.15, 0.2) is 0 Å². The van der Waals surface area contributed by atoms with E-state index in [0.717, 1.165) is 12.8 Å². The molecule has 0 aliphatic carbocycles. The summed E-state index contributed by atoms with van der Waals surface area (Å²) in [5, 5.41) is 0. The third-order valence-electron chi connectivity index (χ3n) is 2.22. The van der Waals surface area contributed by atoms with Crippen LogP contribution in [0.15, 0.2) is 37.5 Å². The van der Waals surface area contributed by atoms with Crippen LogP contribution in [0.5, 0.6) is 0 Å². The predicted molar refractivity (Wildman–Crippen MR) is 66.5 cm³/mol. The van der Waals surface area contributed by atoms with E-state index in [1.165, 1.54) is 38.5 Å². The van der Waals surface area contributed by atoms with Crippen molar-refractivity contribution in [2.45, 2.75) is 51.4 Å². The van der Waals surface area contributed by atoms with Crippen molar-refractivity contribution in [1.29, 1.82) is 0 Å². The molecule has 0 bridgehead atoms. The molecule has 0 heterocycles. The van der Waals surface area contributed by atoms with E-state index < -0.39 is 0 Å². The molecule has 0 amide bonds. The van der Waals surface area contributed by atoms with Gasteiger partial charge in [0.1, 0.15) is 0 Å². The average molecular weight is 192 g/mol. The molecule has 0 aromatic rings. The zero-order valence-corrected chi connectivity index (χ0v) is 9.38. The highest BCUT2D eigenvalue weighted by Gasteiger charge is 1.84. The first kappa shape index (κ1) is 13.2. The maximum absolute atomic E-state index is 3.71. The van der Waals surface area contributed by atoms with Crippen molar-refractivity contribution in [3.05, 3.63) is 37.5 Å². The molecule has 0 atom stereocenters. The number of rotatable bonds is 10. The van der Waals surface area contributed by atoms with Crippen LogP contribution in [-0.4, -0.2) is 0 Å². The van der Waals surface area contributed by atoms with Crippen LogP contribution in [0.1, 0.15) is 51.4 Å². The van der Waals surface area contributed by atoms with Crippen LogP contribution in [0, 0.1) is 0 Å². The fraction of sp³-hybridized carbons (Fsp3) is 0.571. The van der Waals surface area contributed by atoms with Gasteiger partial charge in [0.05, 0.1) is 0 Å². The highest BCUT2D eigenvalue weighted by molar-refractivity contribution is 4.82. The van der Waals surface area contributed by atoms with Gasteiger partial charge in [-0.25, -0.2) is 0 Å². The van der Waals surface area contributed by atoms with Gasteiger partial charge in [-0.1, -0.05) is 24.3 Å². The Morgan fingerprint density at radius 1 is 0.571 bits per heavy atom. The fourth-order valence-corrected chi connectivity index (χ4v) is 1.34. The van der Waals surface area contributed by atoms with Crippen LogP contribution in [-0.2, 0) is 0 Å². The third-order valence-corrected chi connectivity index (χ3v) is 2.22. The number of allylic oxidation sites excluding steroid dienone is 4. The average Bonchev–Trinajstić information content (AvgIpc) is 2.21. The van der Waals surface area contributed by atoms with Crippen molar-refractivity contribution in [2.24, 2.45) is 0 Å². The van der Waals surface area contributed by atoms with Crippen molar-refractivity contribution in [3.63, 3.8) is 0 Å². The molecular formula is C14H24. The lowest BCUT2D eigenvalue weighted by Crippen LogP contribution is -1.74. The highest BCUT2D eigenvalue weighted by Crippen LogP contribution is 2.04. The molecule has 80 valence electrons. The van der Waals surface area contributed by atoms with Crippen LogP contribution < -0.4 is 0 Å². The van der Waals surface area contributed by atoms with Gasteiger partial charge in [0.2, 0.25) is 0 Å². The summed E-state index contributed by atoms with van der Waals surface area (Å²) in [6, 6.07) is 0. The summed E-state index contributed by atoms with van der Waals surface area (Å²) in [7, 11) is 0. The Kier molecular flexibility index (Phi) is 11.5. The normalized spacial score (nSPS) is 10.6. The number of unbranched alkanes of at least 4 members (excludes halogenated alkanes) is 6. The van der Waals surface area contributed by atoms with E-state index >= 15 is 0 Å². The molecule has 0 aromatic heterocycles. The van der Waals surface area contributed by atoms with Gasteiger partial charge >= 0.3 is 0 Å². The van der Waals surface area contributed by atoms with Gasteiger partial charge in [-0.2, -0.15) is 0 Å². The van der Waals surface area contributed by atoms with Crippen LogP contribution in [0.4, 0.5) is 0 Å². The molecule has 0 saturated carbocycles. The van der Waals surface area contributed by atoms with Gasteiger partial charge < -0.3 is 0 Å². The minimum Gasteiger partial charge on any atom is -0.103 e. The number of hydrogen-bond donors (Lipinski definition) is 0. The van der Waals surface area contributed by atoms with Gasteiger partial charge in [-0.3, -0.25) is 0 Å². The van der Waals surface area contributed by atoms with Crippen LogP contribution in [0.2, 0.25) is 0 Å². The van der Waals surface area contributed by atoms with Crippen molar-refractivity contribution < 1.29 is 0 Å². The van der Waals surface area contributed by atoms with Gasteiger partial charge in [0.25, 0.3) is 0 Å². The molecule has 0 radical (unpaired) electrons. The van der Waals surface area contributed by atoms with Crippen molar-refractivity contribution in [2.75, 3.05) is 0 Å². The van der Waals surface area contributed by atoms with Crippen molar-refractivity contribution in [3.8, 4) is 0 Å². The summed E-state index contributed by atoms with van der Waals surface area (Å²) >= 11 is 0. The predicted octanol–water partition coefficient (Wildman–Crippen LogP) is 5.04.